The largest absolute Gasteiger partial charge is 0.508 e. The molecule has 3 aromatic rings. The van der Waals surface area contributed by atoms with Crippen LogP contribution in [0.1, 0.15) is 40.3 Å². The summed E-state index contributed by atoms with van der Waals surface area (Å²) in [6.45, 7) is 6.98. The van der Waals surface area contributed by atoms with Gasteiger partial charge in [0, 0.05) is 18.7 Å². The fraction of sp³-hybridized carbons (Fsp3) is 0.316. The number of anilines is 3. The van der Waals surface area contributed by atoms with Crippen molar-refractivity contribution in [3.05, 3.63) is 46.1 Å². The van der Waals surface area contributed by atoms with E-state index in [1.807, 2.05) is 6.92 Å². The Balaban J connectivity index is 1.76. The third-order valence-electron chi connectivity index (χ3n) is 4.35. The van der Waals surface area contributed by atoms with Gasteiger partial charge in [-0.3, -0.25) is 9.48 Å². The summed E-state index contributed by atoms with van der Waals surface area (Å²) in [5.74, 6) is 0.353. The minimum atomic E-state index is -1.02. The van der Waals surface area contributed by atoms with Crippen LogP contribution in [0.2, 0.25) is 0 Å². The van der Waals surface area contributed by atoms with E-state index in [-0.39, 0.29) is 11.7 Å². The molecule has 0 aliphatic rings. The van der Waals surface area contributed by atoms with E-state index in [9.17, 15) is 15.0 Å². The number of rotatable bonds is 5. The predicted octanol–water partition coefficient (Wildman–Crippen LogP) is 3.42. The fourth-order valence-corrected chi connectivity index (χ4v) is 3.57. The van der Waals surface area contributed by atoms with Gasteiger partial charge < -0.3 is 20.8 Å². The fourth-order valence-electron chi connectivity index (χ4n) is 2.85. The molecule has 9 heteroatoms. The highest BCUT2D eigenvalue weighted by molar-refractivity contribution is 7.17. The number of nitrogens with one attached hydrogen (secondary N) is 2. The second kappa shape index (κ2) is 7.25. The number of aromatic hydroxyl groups is 1. The summed E-state index contributed by atoms with van der Waals surface area (Å²) in [5.41, 5.74) is 1.70. The molecule has 3 rings (SSSR count). The van der Waals surface area contributed by atoms with E-state index in [1.165, 1.54) is 17.5 Å². The van der Waals surface area contributed by atoms with Gasteiger partial charge >= 0.3 is 0 Å². The summed E-state index contributed by atoms with van der Waals surface area (Å²) in [6, 6.07) is 5.09. The van der Waals surface area contributed by atoms with Gasteiger partial charge in [-0.1, -0.05) is 17.4 Å². The maximum Gasteiger partial charge on any atom is 0.267 e. The van der Waals surface area contributed by atoms with Crippen molar-refractivity contribution in [3.63, 3.8) is 0 Å². The molecule has 2 aromatic heterocycles. The van der Waals surface area contributed by atoms with Gasteiger partial charge in [0.15, 0.2) is 10.9 Å². The number of aryl methyl sites for hydroxylation is 2. The molecule has 0 unspecified atom stereocenters. The van der Waals surface area contributed by atoms with Crippen molar-refractivity contribution < 1.29 is 15.0 Å². The number of phenolic OH excluding ortho intramolecular Hbond substituents is 1. The van der Waals surface area contributed by atoms with E-state index in [0.29, 0.717) is 32.8 Å². The maximum atomic E-state index is 12.6. The highest BCUT2D eigenvalue weighted by Crippen LogP contribution is 2.30. The van der Waals surface area contributed by atoms with Crippen LogP contribution < -0.4 is 10.6 Å². The van der Waals surface area contributed by atoms with Gasteiger partial charge in [-0.2, -0.15) is 5.10 Å². The lowest BCUT2D eigenvalue weighted by Gasteiger charge is -2.16. The molecule has 1 aromatic carbocycles. The summed E-state index contributed by atoms with van der Waals surface area (Å²) in [7, 11) is 1.75. The van der Waals surface area contributed by atoms with Gasteiger partial charge in [0.2, 0.25) is 0 Å². The van der Waals surface area contributed by atoms with Crippen LogP contribution in [0.5, 0.6) is 5.75 Å². The number of amides is 1. The lowest BCUT2D eigenvalue weighted by molar-refractivity contribution is 0.0695. The molecule has 28 heavy (non-hydrogen) atoms. The van der Waals surface area contributed by atoms with E-state index in [1.54, 1.807) is 50.7 Å². The van der Waals surface area contributed by atoms with Crippen molar-refractivity contribution in [2.75, 3.05) is 10.6 Å². The number of phenols is 1. The molecule has 4 N–H and O–H groups in total. The molecule has 0 saturated carbocycles. The minimum Gasteiger partial charge on any atom is -0.508 e. The monoisotopic (exact) mass is 401 g/mol. The molecule has 0 bridgehead atoms. The number of nitrogens with zero attached hydrogens (tertiary/aromatic N) is 3. The summed E-state index contributed by atoms with van der Waals surface area (Å²) < 4.78 is 1.59. The summed E-state index contributed by atoms with van der Waals surface area (Å²) >= 11 is 1.19. The first kappa shape index (κ1) is 19.8. The van der Waals surface area contributed by atoms with Gasteiger partial charge in [0.05, 0.1) is 17.6 Å². The second-order valence-electron chi connectivity index (χ2n) is 7.11. The Morgan fingerprint density at radius 3 is 2.64 bits per heavy atom. The van der Waals surface area contributed by atoms with Crippen LogP contribution >= 0.6 is 11.3 Å². The average molecular weight is 401 g/mol. The van der Waals surface area contributed by atoms with Crippen LogP contribution in [0.15, 0.2) is 24.4 Å². The molecule has 8 nitrogen and oxygen atoms in total. The van der Waals surface area contributed by atoms with Crippen molar-refractivity contribution in [2.45, 2.75) is 33.3 Å². The van der Waals surface area contributed by atoms with Gasteiger partial charge in [0.1, 0.15) is 16.2 Å². The molecule has 0 radical (unpaired) electrons. The molecule has 0 atom stereocenters. The van der Waals surface area contributed by atoms with E-state index in [0.717, 1.165) is 5.56 Å². The Kier molecular flexibility index (Phi) is 5.14. The molecule has 0 saturated heterocycles. The number of aliphatic hydroxyl groups is 1. The first-order chi connectivity index (χ1) is 13.1. The van der Waals surface area contributed by atoms with E-state index < -0.39 is 5.60 Å². The van der Waals surface area contributed by atoms with Crippen molar-refractivity contribution in [2.24, 2.45) is 7.05 Å². The number of benzene rings is 1. The van der Waals surface area contributed by atoms with E-state index >= 15 is 0 Å². The molecule has 0 aliphatic carbocycles. The van der Waals surface area contributed by atoms with Crippen molar-refractivity contribution in [1.82, 2.24) is 14.8 Å². The van der Waals surface area contributed by atoms with Crippen molar-refractivity contribution in [1.29, 1.82) is 0 Å². The topological polar surface area (TPSA) is 112 Å². The normalized spacial score (nSPS) is 11.5. The zero-order valence-corrected chi connectivity index (χ0v) is 17.2. The molecule has 1 amide bonds. The maximum absolute atomic E-state index is 12.6. The van der Waals surface area contributed by atoms with Crippen LogP contribution in [0.25, 0.3) is 0 Å². The van der Waals surface area contributed by atoms with E-state index in [2.05, 4.69) is 20.7 Å². The van der Waals surface area contributed by atoms with Gasteiger partial charge in [-0.15, -0.1) is 0 Å². The molecular formula is C19H23N5O3S. The van der Waals surface area contributed by atoms with Crippen LogP contribution in [0.4, 0.5) is 16.6 Å². The number of aromatic nitrogens is 3. The molecule has 0 spiro atoms. The van der Waals surface area contributed by atoms with Crippen LogP contribution in [0, 0.1) is 13.8 Å². The number of carbonyl (C=O) groups excluding carboxylic acids is 1. The SMILES string of the molecule is Cc1ccc(O)c(C)c1NC(=O)c1cnc(Nc2cc(C(C)(C)O)n(C)n2)s1. The Morgan fingerprint density at radius 1 is 1.29 bits per heavy atom. The second-order valence-corrected chi connectivity index (χ2v) is 8.14. The Labute approximate surface area is 166 Å². The summed E-state index contributed by atoms with van der Waals surface area (Å²) in [6.07, 6.45) is 1.48. The van der Waals surface area contributed by atoms with Crippen molar-refractivity contribution >= 4 is 33.9 Å². The minimum absolute atomic E-state index is 0.130. The van der Waals surface area contributed by atoms with Crippen LogP contribution in [-0.2, 0) is 12.6 Å². The summed E-state index contributed by atoms with van der Waals surface area (Å²) in [5, 5.41) is 30.7. The zero-order chi connectivity index (χ0) is 20.6. The molecule has 2 heterocycles. The lowest BCUT2D eigenvalue weighted by Crippen LogP contribution is -2.19. The Bertz CT molecular complexity index is 1030. The number of carbonyl (C=O) groups is 1. The smallest absolute Gasteiger partial charge is 0.267 e. The Morgan fingerprint density at radius 2 is 2.00 bits per heavy atom. The van der Waals surface area contributed by atoms with Crippen LogP contribution in [-0.4, -0.2) is 30.9 Å². The number of hydrogen-bond donors (Lipinski definition) is 4. The van der Waals surface area contributed by atoms with Crippen molar-refractivity contribution in [3.8, 4) is 5.75 Å². The summed E-state index contributed by atoms with van der Waals surface area (Å²) in [4.78, 5) is 17.2. The van der Waals surface area contributed by atoms with Crippen LogP contribution in [0.3, 0.4) is 0 Å². The van der Waals surface area contributed by atoms with E-state index in [4.69, 9.17) is 0 Å². The molecule has 148 valence electrons. The first-order valence-corrected chi connectivity index (χ1v) is 9.48. The predicted molar refractivity (Wildman–Crippen MR) is 109 cm³/mol. The third-order valence-corrected chi connectivity index (χ3v) is 5.27. The number of hydrogen-bond acceptors (Lipinski definition) is 7. The number of thiazole rings is 1. The zero-order valence-electron chi connectivity index (χ0n) is 16.4. The lowest BCUT2D eigenvalue weighted by atomic mass is 10.1. The van der Waals surface area contributed by atoms with Gasteiger partial charge in [0.25, 0.3) is 5.91 Å². The highest BCUT2D eigenvalue weighted by atomic mass is 32.1. The Hall–Kier alpha value is -2.91. The van der Waals surface area contributed by atoms with Gasteiger partial charge in [-0.05, 0) is 39.3 Å². The molecule has 0 aliphatic heterocycles. The molecular weight excluding hydrogens is 378 g/mol. The standard InChI is InChI=1S/C19H23N5O3S/c1-10-6-7-12(25)11(2)16(10)22-17(26)13-9-20-18(28-13)21-15-8-14(19(3,4)27)24(5)23-15/h6-9,25,27H,1-5H3,(H,22,26)(H,20,21,23). The quantitative estimate of drug-likeness (QED) is 0.521. The average Bonchev–Trinajstić information content (AvgIpc) is 3.21. The molecule has 0 fully saturated rings. The third kappa shape index (κ3) is 4.00. The highest BCUT2D eigenvalue weighted by Gasteiger charge is 2.22. The van der Waals surface area contributed by atoms with Gasteiger partial charge in [-0.25, -0.2) is 4.98 Å². The first-order valence-electron chi connectivity index (χ1n) is 8.66.